The van der Waals surface area contributed by atoms with Gasteiger partial charge in [-0.3, -0.25) is 0 Å². The van der Waals surface area contributed by atoms with E-state index in [1.54, 1.807) is 6.92 Å². The number of carbonyl (C=O) groups excluding carboxylic acids is 1. The number of hydrogen-bond donors (Lipinski definition) is 3. The van der Waals surface area contributed by atoms with Gasteiger partial charge >= 0.3 is 5.97 Å². The molecule has 0 heterocycles. The fourth-order valence-corrected chi connectivity index (χ4v) is 5.04. The molecule has 6 heteroatoms. The number of aliphatic hydroxyl groups excluding tert-OH is 1. The minimum atomic E-state index is -0.932. The van der Waals surface area contributed by atoms with Crippen molar-refractivity contribution in [2.75, 3.05) is 13.2 Å². The highest BCUT2D eigenvalue weighted by Gasteiger charge is 2.64. The Morgan fingerprint density at radius 3 is 2.35 bits per heavy atom. The molecule has 3 unspecified atom stereocenters. The first-order chi connectivity index (χ1) is 10.6. The van der Waals surface area contributed by atoms with E-state index in [-0.39, 0.29) is 24.7 Å². The molecule has 3 N–H and O–H groups in total. The Labute approximate surface area is 136 Å². The Morgan fingerprint density at radius 1 is 1.22 bits per heavy atom. The van der Waals surface area contributed by atoms with E-state index in [0.29, 0.717) is 38.5 Å². The second kappa shape index (κ2) is 5.55. The van der Waals surface area contributed by atoms with Crippen molar-refractivity contribution >= 4 is 5.97 Å². The van der Waals surface area contributed by atoms with Crippen molar-refractivity contribution in [1.29, 1.82) is 0 Å². The first kappa shape index (κ1) is 16.9. The van der Waals surface area contributed by atoms with Crippen LogP contribution in [0, 0.1) is 5.92 Å². The van der Waals surface area contributed by atoms with Crippen molar-refractivity contribution < 1.29 is 29.6 Å². The lowest BCUT2D eigenvalue weighted by Crippen LogP contribution is -2.67. The molecule has 4 rings (SSSR count). The highest BCUT2D eigenvalue weighted by atomic mass is 16.6. The number of aliphatic hydroxyl groups is 3. The van der Waals surface area contributed by atoms with Crippen LogP contribution in [0.4, 0.5) is 0 Å². The minimum Gasteiger partial charge on any atom is -0.455 e. The van der Waals surface area contributed by atoms with Crippen LogP contribution < -0.4 is 0 Å². The van der Waals surface area contributed by atoms with E-state index in [1.807, 2.05) is 0 Å². The topological polar surface area (TPSA) is 96.2 Å². The van der Waals surface area contributed by atoms with Gasteiger partial charge in [0.05, 0.1) is 36.1 Å². The van der Waals surface area contributed by atoms with Crippen molar-refractivity contribution in [1.82, 2.24) is 0 Å². The number of esters is 1. The lowest BCUT2D eigenvalue weighted by molar-refractivity contribution is -0.260. The van der Waals surface area contributed by atoms with Gasteiger partial charge in [-0.2, -0.15) is 0 Å². The van der Waals surface area contributed by atoms with Crippen molar-refractivity contribution in [2.24, 2.45) is 5.92 Å². The van der Waals surface area contributed by atoms with E-state index < -0.39 is 28.9 Å². The molecule has 0 aliphatic heterocycles. The molecule has 6 nitrogen and oxygen atoms in total. The molecule has 0 saturated heterocycles. The van der Waals surface area contributed by atoms with Crippen molar-refractivity contribution in [2.45, 2.75) is 68.4 Å². The van der Waals surface area contributed by atoms with Gasteiger partial charge in [0.25, 0.3) is 0 Å². The van der Waals surface area contributed by atoms with Gasteiger partial charge in [-0.1, -0.05) is 6.58 Å². The molecule has 3 atom stereocenters. The van der Waals surface area contributed by atoms with Gasteiger partial charge in [-0.05, 0) is 32.1 Å². The van der Waals surface area contributed by atoms with Crippen LogP contribution in [0.1, 0.15) is 45.4 Å². The SMILES string of the molecule is C=C(COCC(C)O)C(=O)OC12CC3CC(O)(CC(O)(C3)C1)C2. The van der Waals surface area contributed by atoms with Gasteiger partial charge in [0.15, 0.2) is 0 Å². The van der Waals surface area contributed by atoms with Crippen LogP contribution in [-0.4, -0.2) is 57.4 Å². The summed E-state index contributed by atoms with van der Waals surface area (Å²) >= 11 is 0. The minimum absolute atomic E-state index is 0.00220. The van der Waals surface area contributed by atoms with E-state index in [1.165, 1.54) is 0 Å². The Balaban J connectivity index is 1.63. The standard InChI is InChI=1S/C17H26O6/c1-11(6-22-7-12(2)18)14(19)23-17-5-13-3-15(20,9-17)8-16(21,4-13)10-17/h12-13,18,20-21H,1,3-10H2,2H3. The fraction of sp³-hybridized carbons (Fsp3) is 0.824. The van der Waals surface area contributed by atoms with Gasteiger partial charge < -0.3 is 24.8 Å². The lowest BCUT2D eigenvalue weighted by Gasteiger charge is -2.62. The van der Waals surface area contributed by atoms with Crippen LogP contribution in [0.3, 0.4) is 0 Å². The number of hydrogen-bond acceptors (Lipinski definition) is 6. The van der Waals surface area contributed by atoms with E-state index in [2.05, 4.69) is 6.58 Å². The third kappa shape index (κ3) is 3.45. The largest absolute Gasteiger partial charge is 0.455 e. The highest BCUT2D eigenvalue weighted by Crippen LogP contribution is 2.60. The summed E-state index contributed by atoms with van der Waals surface area (Å²) in [4.78, 5) is 12.3. The summed E-state index contributed by atoms with van der Waals surface area (Å²) in [7, 11) is 0. The zero-order chi connectivity index (χ0) is 16.9. The molecule has 23 heavy (non-hydrogen) atoms. The van der Waals surface area contributed by atoms with Crippen molar-refractivity contribution in [3.8, 4) is 0 Å². The quantitative estimate of drug-likeness (QED) is 0.491. The van der Waals surface area contributed by atoms with Crippen LogP contribution in [0.2, 0.25) is 0 Å². The van der Waals surface area contributed by atoms with E-state index in [9.17, 15) is 15.0 Å². The van der Waals surface area contributed by atoms with Crippen LogP contribution in [-0.2, 0) is 14.3 Å². The molecular weight excluding hydrogens is 300 g/mol. The fourth-order valence-electron chi connectivity index (χ4n) is 5.04. The van der Waals surface area contributed by atoms with Gasteiger partial charge in [0.2, 0.25) is 0 Å². The van der Waals surface area contributed by atoms with Crippen LogP contribution in [0.5, 0.6) is 0 Å². The molecule has 0 aromatic carbocycles. The normalized spacial score (nSPS) is 42.5. The second-order valence-electron chi connectivity index (χ2n) is 8.00. The lowest BCUT2D eigenvalue weighted by atomic mass is 9.50. The van der Waals surface area contributed by atoms with Gasteiger partial charge in [0, 0.05) is 19.3 Å². The summed E-state index contributed by atoms with van der Waals surface area (Å²) in [5.74, 6) is -0.362. The Morgan fingerprint density at radius 2 is 1.83 bits per heavy atom. The zero-order valence-corrected chi connectivity index (χ0v) is 13.6. The molecule has 130 valence electrons. The zero-order valence-electron chi connectivity index (χ0n) is 13.6. The predicted octanol–water partition coefficient (Wildman–Crippen LogP) is 0.682. The van der Waals surface area contributed by atoms with E-state index in [4.69, 9.17) is 14.6 Å². The Hall–Kier alpha value is -0.950. The third-order valence-corrected chi connectivity index (χ3v) is 5.19. The average molecular weight is 326 g/mol. The average Bonchev–Trinajstić information content (AvgIpc) is 2.32. The number of carbonyl (C=O) groups is 1. The van der Waals surface area contributed by atoms with Crippen molar-refractivity contribution in [3.63, 3.8) is 0 Å². The van der Waals surface area contributed by atoms with Crippen LogP contribution >= 0.6 is 0 Å². The summed E-state index contributed by atoms with van der Waals surface area (Å²) < 4.78 is 10.9. The molecule has 0 spiro atoms. The molecule has 4 aliphatic rings. The summed E-state index contributed by atoms with van der Waals surface area (Å²) in [6.07, 6.45) is 2.56. The van der Waals surface area contributed by atoms with Crippen molar-refractivity contribution in [3.05, 3.63) is 12.2 Å². The summed E-state index contributed by atoms with van der Waals surface area (Å²) in [5, 5.41) is 30.5. The molecule has 0 aromatic heterocycles. The Kier molecular flexibility index (Phi) is 4.08. The summed E-state index contributed by atoms with van der Waals surface area (Å²) in [6.45, 7) is 5.40. The molecular formula is C17H26O6. The number of ether oxygens (including phenoxy) is 2. The maximum absolute atomic E-state index is 12.3. The maximum Gasteiger partial charge on any atom is 0.336 e. The molecule has 4 saturated carbocycles. The number of rotatable bonds is 6. The molecule has 4 fully saturated rings. The smallest absolute Gasteiger partial charge is 0.336 e. The van der Waals surface area contributed by atoms with Crippen LogP contribution in [0.25, 0.3) is 0 Å². The third-order valence-electron chi connectivity index (χ3n) is 5.19. The first-order valence-corrected chi connectivity index (χ1v) is 8.24. The summed E-state index contributed by atoms with van der Waals surface area (Å²) in [5.41, 5.74) is -2.48. The van der Waals surface area contributed by atoms with E-state index >= 15 is 0 Å². The maximum atomic E-state index is 12.3. The first-order valence-electron chi connectivity index (χ1n) is 8.24. The van der Waals surface area contributed by atoms with Crippen LogP contribution in [0.15, 0.2) is 12.2 Å². The monoisotopic (exact) mass is 326 g/mol. The predicted molar refractivity (Wildman–Crippen MR) is 81.6 cm³/mol. The molecule has 0 amide bonds. The van der Waals surface area contributed by atoms with Gasteiger partial charge in [0.1, 0.15) is 5.60 Å². The van der Waals surface area contributed by atoms with Gasteiger partial charge in [-0.25, -0.2) is 4.79 Å². The molecule has 0 aromatic rings. The summed E-state index contributed by atoms with van der Waals surface area (Å²) in [6, 6.07) is 0. The highest BCUT2D eigenvalue weighted by molar-refractivity contribution is 5.88. The van der Waals surface area contributed by atoms with E-state index in [0.717, 1.165) is 0 Å². The second-order valence-corrected chi connectivity index (χ2v) is 8.00. The molecule has 4 aliphatic carbocycles. The van der Waals surface area contributed by atoms with Gasteiger partial charge in [-0.15, -0.1) is 0 Å². The molecule has 4 bridgehead atoms. The Bertz CT molecular complexity index is 495. The molecule has 0 radical (unpaired) electrons.